The molecular formula is C12H25N3O2S. The Balaban J connectivity index is 1.93. The molecule has 2 fully saturated rings. The van der Waals surface area contributed by atoms with E-state index < -0.39 is 10.2 Å². The van der Waals surface area contributed by atoms with Crippen molar-refractivity contribution in [2.45, 2.75) is 57.5 Å². The molecule has 2 aliphatic rings. The largest absolute Gasteiger partial charge is 0.313 e. The van der Waals surface area contributed by atoms with Crippen molar-refractivity contribution in [1.29, 1.82) is 0 Å². The fourth-order valence-corrected chi connectivity index (χ4v) is 3.84. The van der Waals surface area contributed by atoms with Gasteiger partial charge in [0.2, 0.25) is 0 Å². The molecule has 0 aromatic rings. The minimum Gasteiger partial charge on any atom is -0.313 e. The molecule has 1 unspecified atom stereocenters. The third kappa shape index (κ3) is 4.19. The van der Waals surface area contributed by atoms with Crippen LogP contribution >= 0.6 is 0 Å². The molecule has 6 heteroatoms. The molecule has 0 radical (unpaired) electrons. The number of hydrogen-bond donors (Lipinski definition) is 2. The molecule has 0 aromatic heterocycles. The summed E-state index contributed by atoms with van der Waals surface area (Å²) in [6.07, 6.45) is 6.17. The fraction of sp³-hybridized carbons (Fsp3) is 1.00. The third-order valence-corrected chi connectivity index (χ3v) is 5.22. The number of nitrogens with zero attached hydrogens (tertiary/aromatic N) is 1. The predicted octanol–water partition coefficient (Wildman–Crippen LogP) is 0.837. The molecule has 1 aliphatic carbocycles. The van der Waals surface area contributed by atoms with Crippen LogP contribution in [0.1, 0.15) is 45.4 Å². The van der Waals surface area contributed by atoms with Gasteiger partial charge in [0.1, 0.15) is 0 Å². The van der Waals surface area contributed by atoms with Gasteiger partial charge in [-0.1, -0.05) is 13.3 Å². The zero-order chi connectivity index (χ0) is 13.0. The Hall–Kier alpha value is -0.170. The monoisotopic (exact) mass is 275 g/mol. The van der Waals surface area contributed by atoms with Crippen LogP contribution in [0.2, 0.25) is 0 Å². The summed E-state index contributed by atoms with van der Waals surface area (Å²) in [5.41, 5.74) is 0. The Bertz CT molecular complexity index is 348. The first-order chi connectivity index (χ1) is 8.62. The zero-order valence-electron chi connectivity index (χ0n) is 11.2. The maximum absolute atomic E-state index is 12.3. The molecule has 18 heavy (non-hydrogen) atoms. The second kappa shape index (κ2) is 6.32. The van der Waals surface area contributed by atoms with Crippen molar-refractivity contribution in [3.05, 3.63) is 0 Å². The SMILES string of the molecule is CCCCN(CC1CCCN1)S(=O)(=O)NC1CC1. The molecule has 1 heterocycles. The first kappa shape index (κ1) is 14.2. The lowest BCUT2D eigenvalue weighted by Gasteiger charge is -2.25. The highest BCUT2D eigenvalue weighted by molar-refractivity contribution is 7.87. The van der Waals surface area contributed by atoms with Crippen LogP contribution in [0, 0.1) is 0 Å². The Morgan fingerprint density at radius 2 is 2.11 bits per heavy atom. The van der Waals surface area contributed by atoms with Gasteiger partial charge in [0.15, 0.2) is 0 Å². The van der Waals surface area contributed by atoms with Crippen molar-refractivity contribution >= 4 is 10.2 Å². The summed E-state index contributed by atoms with van der Waals surface area (Å²) in [6.45, 7) is 4.36. The number of hydrogen-bond acceptors (Lipinski definition) is 3. The van der Waals surface area contributed by atoms with E-state index >= 15 is 0 Å². The van der Waals surface area contributed by atoms with Gasteiger partial charge in [0.25, 0.3) is 10.2 Å². The van der Waals surface area contributed by atoms with Crippen molar-refractivity contribution in [3.63, 3.8) is 0 Å². The summed E-state index contributed by atoms with van der Waals surface area (Å²) in [5.74, 6) is 0. The molecule has 5 nitrogen and oxygen atoms in total. The van der Waals surface area contributed by atoms with E-state index in [1.165, 1.54) is 0 Å². The summed E-state index contributed by atoms with van der Waals surface area (Å²) in [6, 6.07) is 0.522. The van der Waals surface area contributed by atoms with Crippen molar-refractivity contribution < 1.29 is 8.42 Å². The van der Waals surface area contributed by atoms with Crippen molar-refractivity contribution in [1.82, 2.24) is 14.3 Å². The standard InChI is InChI=1S/C12H25N3O2S/c1-2-3-9-15(10-12-5-4-8-13-12)18(16,17)14-11-6-7-11/h11-14H,2-10H2,1H3. The van der Waals surface area contributed by atoms with E-state index in [4.69, 9.17) is 0 Å². The number of unbranched alkanes of at least 4 members (excludes halogenated alkanes) is 1. The zero-order valence-corrected chi connectivity index (χ0v) is 12.0. The first-order valence-electron chi connectivity index (χ1n) is 7.12. The van der Waals surface area contributed by atoms with Gasteiger partial charge in [-0.15, -0.1) is 0 Å². The van der Waals surface area contributed by atoms with Gasteiger partial charge < -0.3 is 5.32 Å². The molecule has 106 valence electrons. The molecule has 0 aromatic carbocycles. The van der Waals surface area contributed by atoms with Crippen LogP contribution in [0.4, 0.5) is 0 Å². The maximum Gasteiger partial charge on any atom is 0.279 e. The summed E-state index contributed by atoms with van der Waals surface area (Å²) in [4.78, 5) is 0. The third-order valence-electron chi connectivity index (χ3n) is 3.58. The van der Waals surface area contributed by atoms with Gasteiger partial charge >= 0.3 is 0 Å². The Kier molecular flexibility index (Phi) is 5.00. The van der Waals surface area contributed by atoms with Crippen molar-refractivity contribution in [2.24, 2.45) is 0 Å². The van der Waals surface area contributed by atoms with Crippen LogP contribution in [0.5, 0.6) is 0 Å². The van der Waals surface area contributed by atoms with E-state index in [9.17, 15) is 8.42 Å². The van der Waals surface area contributed by atoms with Crippen molar-refractivity contribution in [3.8, 4) is 0 Å². The summed E-state index contributed by atoms with van der Waals surface area (Å²) in [7, 11) is -3.28. The fourth-order valence-electron chi connectivity index (χ4n) is 2.29. The van der Waals surface area contributed by atoms with Crippen molar-refractivity contribution in [2.75, 3.05) is 19.6 Å². The van der Waals surface area contributed by atoms with Crippen LogP contribution in [0.25, 0.3) is 0 Å². The van der Waals surface area contributed by atoms with E-state index in [2.05, 4.69) is 17.0 Å². The first-order valence-corrected chi connectivity index (χ1v) is 8.56. The second-order valence-corrected chi connectivity index (χ2v) is 7.10. The lowest BCUT2D eigenvalue weighted by molar-refractivity contribution is 0.358. The molecule has 1 aliphatic heterocycles. The van der Waals surface area contributed by atoms with Crippen LogP contribution in [-0.2, 0) is 10.2 Å². The van der Waals surface area contributed by atoms with Gasteiger partial charge in [0.05, 0.1) is 0 Å². The lowest BCUT2D eigenvalue weighted by atomic mass is 10.2. The topological polar surface area (TPSA) is 61.4 Å². The van der Waals surface area contributed by atoms with Crippen LogP contribution in [0.3, 0.4) is 0 Å². The minimum absolute atomic E-state index is 0.190. The van der Waals surface area contributed by atoms with E-state index in [1.54, 1.807) is 4.31 Å². The molecule has 1 saturated heterocycles. The number of rotatable bonds is 8. The predicted molar refractivity (Wildman–Crippen MR) is 72.6 cm³/mol. The maximum atomic E-state index is 12.3. The molecule has 2 N–H and O–H groups in total. The van der Waals surface area contributed by atoms with Crippen LogP contribution < -0.4 is 10.0 Å². The second-order valence-electron chi connectivity index (χ2n) is 5.40. The lowest BCUT2D eigenvalue weighted by Crippen LogP contribution is -2.47. The Labute approximate surface area is 110 Å². The highest BCUT2D eigenvalue weighted by Gasteiger charge is 2.32. The normalized spacial score (nSPS) is 24.9. The molecule has 0 spiro atoms. The summed E-state index contributed by atoms with van der Waals surface area (Å²) >= 11 is 0. The minimum atomic E-state index is -3.28. The highest BCUT2D eigenvalue weighted by atomic mass is 32.2. The molecule has 0 amide bonds. The van der Waals surface area contributed by atoms with Gasteiger partial charge in [-0.05, 0) is 38.6 Å². The van der Waals surface area contributed by atoms with Gasteiger partial charge in [-0.3, -0.25) is 0 Å². The van der Waals surface area contributed by atoms with E-state index in [1.807, 2.05) is 0 Å². The van der Waals surface area contributed by atoms with E-state index in [-0.39, 0.29) is 6.04 Å². The van der Waals surface area contributed by atoms with E-state index in [0.717, 1.165) is 45.1 Å². The highest BCUT2D eigenvalue weighted by Crippen LogP contribution is 2.21. The summed E-state index contributed by atoms with van der Waals surface area (Å²) < 4.78 is 28.9. The average molecular weight is 275 g/mol. The van der Waals surface area contributed by atoms with Crippen LogP contribution in [0.15, 0.2) is 0 Å². The van der Waals surface area contributed by atoms with Gasteiger partial charge in [-0.25, -0.2) is 0 Å². The quantitative estimate of drug-likeness (QED) is 0.690. The molecular weight excluding hydrogens is 250 g/mol. The Morgan fingerprint density at radius 3 is 2.67 bits per heavy atom. The smallest absolute Gasteiger partial charge is 0.279 e. The molecule has 2 rings (SSSR count). The average Bonchev–Trinajstić information content (AvgIpc) is 2.96. The molecule has 1 atom stereocenters. The summed E-state index contributed by atoms with van der Waals surface area (Å²) in [5, 5.41) is 3.37. The van der Waals surface area contributed by atoms with E-state index in [0.29, 0.717) is 19.1 Å². The molecule has 1 saturated carbocycles. The van der Waals surface area contributed by atoms with Crippen LogP contribution in [-0.4, -0.2) is 44.4 Å². The van der Waals surface area contributed by atoms with Gasteiger partial charge in [0, 0.05) is 25.2 Å². The molecule has 0 bridgehead atoms. The Morgan fingerprint density at radius 1 is 1.33 bits per heavy atom. The number of nitrogens with one attached hydrogen (secondary N) is 2. The van der Waals surface area contributed by atoms with Gasteiger partial charge in [-0.2, -0.15) is 17.4 Å².